The Labute approximate surface area is 167 Å². The Balaban J connectivity index is 1.62. The Morgan fingerprint density at radius 3 is 2.39 bits per heavy atom. The van der Waals surface area contributed by atoms with Crippen LogP contribution in [0, 0.1) is 0 Å². The zero-order valence-electron chi connectivity index (χ0n) is 16.8. The first-order valence-corrected chi connectivity index (χ1v) is 9.65. The van der Waals surface area contributed by atoms with Crippen molar-refractivity contribution >= 4 is 11.6 Å². The molecular formula is C23H28N4O. The third kappa shape index (κ3) is 5.46. The fraction of sp³-hybridized carbons (Fsp3) is 0.304. The Morgan fingerprint density at radius 1 is 0.964 bits per heavy atom. The number of hydrogen-bond donors (Lipinski definition) is 1. The van der Waals surface area contributed by atoms with Crippen molar-refractivity contribution < 1.29 is 4.74 Å². The lowest BCUT2D eigenvalue weighted by Crippen LogP contribution is -2.31. The number of nitrogens with zero attached hydrogens (tertiary/aromatic N) is 3. The summed E-state index contributed by atoms with van der Waals surface area (Å²) in [7, 11) is 1.68. The summed E-state index contributed by atoms with van der Waals surface area (Å²) in [5.41, 5.74) is 2.53. The molecule has 1 N–H and O–H groups in total. The van der Waals surface area contributed by atoms with Gasteiger partial charge in [-0.1, -0.05) is 42.5 Å². The summed E-state index contributed by atoms with van der Waals surface area (Å²) in [6.07, 6.45) is 2.55. The second-order valence-electron chi connectivity index (χ2n) is 6.99. The lowest BCUT2D eigenvalue weighted by Gasteiger charge is -2.28. The molecule has 1 heterocycles. The largest absolute Gasteiger partial charge is 0.497 e. The molecule has 0 unspecified atom stereocenters. The summed E-state index contributed by atoms with van der Waals surface area (Å²) in [5, 5.41) is 3.41. The molecule has 0 atom stereocenters. The Hall–Kier alpha value is -3.08. The molecule has 5 nitrogen and oxygen atoms in total. The number of hydrogen-bond acceptors (Lipinski definition) is 5. The summed E-state index contributed by atoms with van der Waals surface area (Å²) in [4.78, 5) is 11.2. The van der Waals surface area contributed by atoms with E-state index in [1.165, 1.54) is 11.1 Å². The van der Waals surface area contributed by atoms with E-state index in [0.717, 1.165) is 36.9 Å². The lowest BCUT2D eigenvalue weighted by molar-refractivity contribution is 0.414. The molecular weight excluding hydrogens is 348 g/mol. The molecule has 5 heteroatoms. The molecule has 0 saturated heterocycles. The maximum atomic E-state index is 5.20. The number of benzene rings is 2. The van der Waals surface area contributed by atoms with Gasteiger partial charge in [-0.05, 0) is 43.5 Å². The Kier molecular flexibility index (Phi) is 6.84. The number of anilines is 2. The van der Waals surface area contributed by atoms with E-state index >= 15 is 0 Å². The normalized spacial score (nSPS) is 10.7. The van der Waals surface area contributed by atoms with Crippen molar-refractivity contribution in [3.63, 3.8) is 0 Å². The third-order valence-corrected chi connectivity index (χ3v) is 4.64. The molecule has 0 bridgehead atoms. The van der Waals surface area contributed by atoms with Gasteiger partial charge >= 0.3 is 0 Å². The van der Waals surface area contributed by atoms with E-state index in [0.29, 0.717) is 6.04 Å². The number of rotatable bonds is 9. The summed E-state index contributed by atoms with van der Waals surface area (Å²) < 4.78 is 5.20. The lowest BCUT2D eigenvalue weighted by atomic mass is 10.1. The molecule has 0 radical (unpaired) electrons. The predicted octanol–water partition coefficient (Wildman–Crippen LogP) is 4.55. The third-order valence-electron chi connectivity index (χ3n) is 4.64. The number of aromatic nitrogens is 2. The maximum Gasteiger partial charge on any atom is 0.134 e. The topological polar surface area (TPSA) is 50.3 Å². The molecule has 146 valence electrons. The van der Waals surface area contributed by atoms with Crippen LogP contribution in [-0.2, 0) is 13.0 Å². The van der Waals surface area contributed by atoms with Crippen molar-refractivity contribution in [1.29, 1.82) is 0 Å². The fourth-order valence-electron chi connectivity index (χ4n) is 3.04. The van der Waals surface area contributed by atoms with Gasteiger partial charge in [0, 0.05) is 25.2 Å². The van der Waals surface area contributed by atoms with Gasteiger partial charge in [0.1, 0.15) is 23.7 Å². The van der Waals surface area contributed by atoms with E-state index in [1.807, 2.05) is 24.3 Å². The van der Waals surface area contributed by atoms with E-state index < -0.39 is 0 Å². The van der Waals surface area contributed by atoms with Gasteiger partial charge in [-0.3, -0.25) is 0 Å². The second kappa shape index (κ2) is 9.74. The highest BCUT2D eigenvalue weighted by Crippen LogP contribution is 2.20. The summed E-state index contributed by atoms with van der Waals surface area (Å²) in [6, 6.07) is 21.0. The SMILES string of the molecule is COc1ccc(CCNc2cc(N(Cc3ccccc3)C(C)C)ncn2)cc1. The van der Waals surface area contributed by atoms with E-state index in [2.05, 4.69) is 70.4 Å². The highest BCUT2D eigenvalue weighted by Gasteiger charge is 2.13. The summed E-state index contributed by atoms with van der Waals surface area (Å²) in [6.45, 7) is 5.99. The molecule has 3 rings (SSSR count). The van der Waals surface area contributed by atoms with E-state index in [9.17, 15) is 0 Å². The van der Waals surface area contributed by atoms with Crippen molar-refractivity contribution in [1.82, 2.24) is 9.97 Å². The van der Waals surface area contributed by atoms with Gasteiger partial charge in [0.25, 0.3) is 0 Å². The van der Waals surface area contributed by atoms with Crippen molar-refractivity contribution in [2.45, 2.75) is 32.9 Å². The molecule has 0 amide bonds. The molecule has 0 spiro atoms. The van der Waals surface area contributed by atoms with Gasteiger partial charge < -0.3 is 15.0 Å². The summed E-state index contributed by atoms with van der Waals surface area (Å²) in [5.74, 6) is 2.65. The molecule has 0 fully saturated rings. The molecule has 28 heavy (non-hydrogen) atoms. The Bertz CT molecular complexity index is 850. The molecule has 0 saturated carbocycles. The van der Waals surface area contributed by atoms with Crippen molar-refractivity contribution in [2.24, 2.45) is 0 Å². The highest BCUT2D eigenvalue weighted by atomic mass is 16.5. The minimum Gasteiger partial charge on any atom is -0.497 e. The van der Waals surface area contributed by atoms with E-state index in [1.54, 1.807) is 13.4 Å². The first-order valence-electron chi connectivity index (χ1n) is 9.65. The van der Waals surface area contributed by atoms with Gasteiger partial charge in [0.05, 0.1) is 7.11 Å². The first-order chi connectivity index (χ1) is 13.7. The molecule has 1 aromatic heterocycles. The van der Waals surface area contributed by atoms with Crippen molar-refractivity contribution in [3.8, 4) is 5.75 Å². The number of nitrogens with one attached hydrogen (secondary N) is 1. The summed E-state index contributed by atoms with van der Waals surface area (Å²) >= 11 is 0. The van der Waals surface area contributed by atoms with Crippen LogP contribution < -0.4 is 15.0 Å². The molecule has 3 aromatic rings. The Morgan fingerprint density at radius 2 is 1.71 bits per heavy atom. The zero-order valence-corrected chi connectivity index (χ0v) is 16.8. The van der Waals surface area contributed by atoms with Crippen LogP contribution in [0.4, 0.5) is 11.6 Å². The van der Waals surface area contributed by atoms with Crippen LogP contribution in [0.5, 0.6) is 5.75 Å². The van der Waals surface area contributed by atoms with Gasteiger partial charge in [-0.15, -0.1) is 0 Å². The monoisotopic (exact) mass is 376 g/mol. The van der Waals surface area contributed by atoms with E-state index in [4.69, 9.17) is 4.74 Å². The van der Waals surface area contributed by atoms with Crippen LogP contribution in [0.3, 0.4) is 0 Å². The van der Waals surface area contributed by atoms with Crippen LogP contribution in [0.25, 0.3) is 0 Å². The standard InChI is InChI=1S/C23H28N4O/c1-18(2)27(16-20-7-5-4-6-8-20)23-15-22(25-17-26-23)24-14-13-19-9-11-21(28-3)12-10-19/h4-12,15,17-18H,13-14,16H2,1-3H3,(H,24,25,26). The highest BCUT2D eigenvalue weighted by molar-refractivity contribution is 5.49. The van der Waals surface area contributed by atoms with Gasteiger partial charge in [-0.2, -0.15) is 0 Å². The number of methoxy groups -OCH3 is 1. The quantitative estimate of drug-likeness (QED) is 0.593. The van der Waals surface area contributed by atoms with Crippen LogP contribution in [-0.4, -0.2) is 29.7 Å². The van der Waals surface area contributed by atoms with E-state index in [-0.39, 0.29) is 0 Å². The van der Waals surface area contributed by atoms with Gasteiger partial charge in [0.15, 0.2) is 0 Å². The minimum atomic E-state index is 0.335. The number of ether oxygens (including phenoxy) is 1. The van der Waals surface area contributed by atoms with Crippen molar-refractivity contribution in [3.05, 3.63) is 78.1 Å². The van der Waals surface area contributed by atoms with Crippen LogP contribution in [0.1, 0.15) is 25.0 Å². The second-order valence-corrected chi connectivity index (χ2v) is 6.99. The smallest absolute Gasteiger partial charge is 0.134 e. The zero-order chi connectivity index (χ0) is 19.8. The molecule has 0 aliphatic heterocycles. The maximum absolute atomic E-state index is 5.20. The van der Waals surface area contributed by atoms with Gasteiger partial charge in [-0.25, -0.2) is 9.97 Å². The minimum absolute atomic E-state index is 0.335. The van der Waals surface area contributed by atoms with Crippen molar-refractivity contribution in [2.75, 3.05) is 23.9 Å². The molecule has 2 aromatic carbocycles. The average Bonchev–Trinajstić information content (AvgIpc) is 2.73. The predicted molar refractivity (Wildman–Crippen MR) is 115 cm³/mol. The van der Waals surface area contributed by atoms with Crippen LogP contribution >= 0.6 is 0 Å². The molecule has 0 aliphatic carbocycles. The van der Waals surface area contributed by atoms with Gasteiger partial charge in [0.2, 0.25) is 0 Å². The first kappa shape index (κ1) is 19.7. The fourth-order valence-corrected chi connectivity index (χ4v) is 3.04. The van der Waals surface area contributed by atoms with Crippen LogP contribution in [0.2, 0.25) is 0 Å². The van der Waals surface area contributed by atoms with Crippen LogP contribution in [0.15, 0.2) is 67.0 Å². The average molecular weight is 377 g/mol. The molecule has 0 aliphatic rings.